The van der Waals surface area contributed by atoms with Crippen LogP contribution < -0.4 is 5.32 Å². The Kier molecular flexibility index (Phi) is 6.94. The average Bonchev–Trinajstić information content (AvgIpc) is 2.64. The molecule has 0 atom stereocenters. The van der Waals surface area contributed by atoms with Crippen LogP contribution in [-0.4, -0.2) is 66.0 Å². The maximum absolute atomic E-state index is 12.8. The van der Waals surface area contributed by atoms with Crippen molar-refractivity contribution in [2.45, 2.75) is 25.1 Å². The number of carbonyl (C=O) groups excluding carboxylic acids is 1. The zero-order valence-electron chi connectivity index (χ0n) is 14.9. The van der Waals surface area contributed by atoms with E-state index in [2.05, 4.69) is 10.2 Å². The van der Waals surface area contributed by atoms with E-state index in [0.29, 0.717) is 6.04 Å². The summed E-state index contributed by atoms with van der Waals surface area (Å²) in [5.74, 6) is 2.02. The van der Waals surface area contributed by atoms with Crippen molar-refractivity contribution < 1.29 is 18.0 Å². The first-order valence-corrected chi connectivity index (χ1v) is 10.6. The van der Waals surface area contributed by atoms with Gasteiger partial charge in [-0.2, -0.15) is 24.9 Å². The number of benzene rings is 1. The molecule has 0 unspecified atom stereocenters. The molecule has 150 valence electrons. The number of nitrogens with one attached hydrogen (secondary N) is 1. The zero-order valence-corrected chi connectivity index (χ0v) is 16.5. The number of likely N-dealkylation sites (tertiary alicyclic amines) is 1. The molecule has 0 saturated carbocycles. The van der Waals surface area contributed by atoms with Crippen molar-refractivity contribution in [2.24, 2.45) is 0 Å². The fourth-order valence-corrected chi connectivity index (χ4v) is 4.67. The standard InChI is InChI=1S/C18H23ClF3N3OS/c19-15-2-1-13(18(20,21)22)11-16(15)23-17(26)12-24-5-3-14(4-6-24)25-7-9-27-10-8-25/h1-2,11,14H,3-10,12H2,(H,23,26). The highest BCUT2D eigenvalue weighted by molar-refractivity contribution is 7.99. The maximum Gasteiger partial charge on any atom is 0.416 e. The van der Waals surface area contributed by atoms with Gasteiger partial charge in [-0.05, 0) is 31.0 Å². The molecule has 0 aliphatic carbocycles. The van der Waals surface area contributed by atoms with Gasteiger partial charge in [-0.3, -0.25) is 14.6 Å². The van der Waals surface area contributed by atoms with Gasteiger partial charge in [-0.1, -0.05) is 11.6 Å². The van der Waals surface area contributed by atoms with Gasteiger partial charge in [0.05, 0.1) is 22.8 Å². The summed E-state index contributed by atoms with van der Waals surface area (Å²) in [5.41, 5.74) is -0.833. The summed E-state index contributed by atoms with van der Waals surface area (Å²) >= 11 is 7.93. The number of carbonyl (C=O) groups is 1. The van der Waals surface area contributed by atoms with Crippen molar-refractivity contribution in [3.05, 3.63) is 28.8 Å². The van der Waals surface area contributed by atoms with Gasteiger partial charge < -0.3 is 5.32 Å². The van der Waals surface area contributed by atoms with E-state index in [9.17, 15) is 18.0 Å². The first kappa shape index (κ1) is 20.8. The van der Waals surface area contributed by atoms with Crippen molar-refractivity contribution in [3.63, 3.8) is 0 Å². The van der Waals surface area contributed by atoms with Crippen LogP contribution in [0.3, 0.4) is 0 Å². The second-order valence-electron chi connectivity index (χ2n) is 6.90. The first-order chi connectivity index (χ1) is 12.8. The van der Waals surface area contributed by atoms with E-state index >= 15 is 0 Å². The minimum absolute atomic E-state index is 0.00260. The molecular formula is C18H23ClF3N3OS. The molecular weight excluding hydrogens is 399 g/mol. The summed E-state index contributed by atoms with van der Waals surface area (Å²) in [5, 5.41) is 2.61. The van der Waals surface area contributed by atoms with Gasteiger partial charge >= 0.3 is 6.18 Å². The number of hydrogen-bond acceptors (Lipinski definition) is 4. The minimum atomic E-state index is -4.47. The summed E-state index contributed by atoms with van der Waals surface area (Å²) < 4.78 is 38.5. The number of nitrogens with zero attached hydrogens (tertiary/aromatic N) is 2. The molecule has 4 nitrogen and oxygen atoms in total. The highest BCUT2D eigenvalue weighted by atomic mass is 35.5. The van der Waals surface area contributed by atoms with E-state index in [1.165, 1.54) is 11.5 Å². The van der Waals surface area contributed by atoms with Gasteiger partial charge in [-0.25, -0.2) is 0 Å². The lowest BCUT2D eigenvalue weighted by Gasteiger charge is -2.39. The molecule has 3 rings (SSSR count). The number of rotatable bonds is 4. The third-order valence-corrected chi connectivity index (χ3v) is 6.33. The Labute approximate surface area is 166 Å². The van der Waals surface area contributed by atoms with Crippen LogP contribution in [0, 0.1) is 0 Å². The fraction of sp³-hybridized carbons (Fsp3) is 0.611. The molecule has 9 heteroatoms. The van der Waals surface area contributed by atoms with E-state index in [0.717, 1.165) is 57.2 Å². The predicted octanol–water partition coefficient (Wildman–Crippen LogP) is 3.81. The lowest BCUT2D eigenvalue weighted by molar-refractivity contribution is -0.137. The zero-order chi connectivity index (χ0) is 19.4. The Hall–Kier alpha value is -0.960. The molecule has 1 amide bonds. The third kappa shape index (κ3) is 5.76. The lowest BCUT2D eigenvalue weighted by Crippen LogP contribution is -2.49. The molecule has 2 saturated heterocycles. The summed E-state index contributed by atoms with van der Waals surface area (Å²) in [7, 11) is 0. The second kappa shape index (κ2) is 9.03. The Balaban J connectivity index is 1.50. The summed E-state index contributed by atoms with van der Waals surface area (Å²) in [6.07, 6.45) is -2.44. The number of anilines is 1. The van der Waals surface area contributed by atoms with Crippen LogP contribution in [0.4, 0.5) is 18.9 Å². The molecule has 0 bridgehead atoms. The summed E-state index contributed by atoms with van der Waals surface area (Å²) in [6, 6.07) is 3.51. The number of hydrogen-bond donors (Lipinski definition) is 1. The number of alkyl halides is 3. The van der Waals surface area contributed by atoms with Crippen LogP contribution in [0.1, 0.15) is 18.4 Å². The van der Waals surface area contributed by atoms with E-state index in [4.69, 9.17) is 11.6 Å². The Morgan fingerprint density at radius 1 is 1.19 bits per heavy atom. The molecule has 1 aromatic carbocycles. The van der Waals surface area contributed by atoms with Crippen molar-refractivity contribution in [1.82, 2.24) is 9.80 Å². The van der Waals surface area contributed by atoms with Gasteiger partial charge in [0.15, 0.2) is 0 Å². The van der Waals surface area contributed by atoms with Crippen LogP contribution >= 0.6 is 23.4 Å². The maximum atomic E-state index is 12.8. The van der Waals surface area contributed by atoms with E-state index in [1.807, 2.05) is 16.7 Å². The molecule has 0 radical (unpaired) electrons. The molecule has 0 spiro atoms. The average molecular weight is 422 g/mol. The van der Waals surface area contributed by atoms with Crippen molar-refractivity contribution in [3.8, 4) is 0 Å². The lowest BCUT2D eigenvalue weighted by atomic mass is 10.0. The fourth-order valence-electron chi connectivity index (χ4n) is 3.58. The van der Waals surface area contributed by atoms with Crippen LogP contribution in [0.5, 0.6) is 0 Å². The topological polar surface area (TPSA) is 35.6 Å². The first-order valence-electron chi connectivity index (χ1n) is 9.03. The van der Waals surface area contributed by atoms with Crippen LogP contribution in [0.25, 0.3) is 0 Å². The highest BCUT2D eigenvalue weighted by Gasteiger charge is 2.31. The van der Waals surface area contributed by atoms with Crippen LogP contribution in [0.2, 0.25) is 5.02 Å². The van der Waals surface area contributed by atoms with Gasteiger partial charge in [0, 0.05) is 43.7 Å². The molecule has 1 N–H and O–H groups in total. The summed E-state index contributed by atoms with van der Waals surface area (Å²) in [4.78, 5) is 16.9. The minimum Gasteiger partial charge on any atom is -0.324 e. The summed E-state index contributed by atoms with van der Waals surface area (Å²) in [6.45, 7) is 4.05. The van der Waals surface area contributed by atoms with E-state index in [-0.39, 0.29) is 23.2 Å². The quantitative estimate of drug-likeness (QED) is 0.802. The SMILES string of the molecule is O=C(CN1CCC(N2CCSCC2)CC1)Nc1cc(C(F)(F)F)ccc1Cl. The normalized spacial score (nSPS) is 20.6. The van der Waals surface area contributed by atoms with Gasteiger partial charge in [0.2, 0.25) is 5.91 Å². The van der Waals surface area contributed by atoms with E-state index < -0.39 is 11.7 Å². The van der Waals surface area contributed by atoms with Gasteiger partial charge in [0.25, 0.3) is 0 Å². The second-order valence-corrected chi connectivity index (χ2v) is 8.53. The molecule has 2 aliphatic rings. The highest BCUT2D eigenvalue weighted by Crippen LogP contribution is 2.33. The van der Waals surface area contributed by atoms with Crippen LogP contribution in [0.15, 0.2) is 18.2 Å². The largest absolute Gasteiger partial charge is 0.416 e. The number of piperidine rings is 1. The number of halogens is 4. The monoisotopic (exact) mass is 421 g/mol. The predicted molar refractivity (Wildman–Crippen MR) is 103 cm³/mol. The van der Waals surface area contributed by atoms with E-state index in [1.54, 1.807) is 0 Å². The smallest absolute Gasteiger partial charge is 0.324 e. The Morgan fingerprint density at radius 3 is 2.48 bits per heavy atom. The van der Waals surface area contributed by atoms with Crippen molar-refractivity contribution >= 4 is 35.0 Å². The van der Waals surface area contributed by atoms with Crippen LogP contribution in [-0.2, 0) is 11.0 Å². The van der Waals surface area contributed by atoms with Crippen molar-refractivity contribution in [2.75, 3.05) is 49.5 Å². The number of amides is 1. The van der Waals surface area contributed by atoms with Gasteiger partial charge in [0.1, 0.15) is 0 Å². The molecule has 1 aromatic rings. The van der Waals surface area contributed by atoms with Crippen molar-refractivity contribution in [1.29, 1.82) is 0 Å². The third-order valence-electron chi connectivity index (χ3n) is 5.05. The molecule has 27 heavy (non-hydrogen) atoms. The number of thioether (sulfide) groups is 1. The Bertz CT molecular complexity index is 660. The molecule has 2 fully saturated rings. The molecule has 0 aromatic heterocycles. The molecule has 2 aliphatic heterocycles. The Morgan fingerprint density at radius 2 is 1.85 bits per heavy atom. The molecule has 2 heterocycles. The van der Waals surface area contributed by atoms with Gasteiger partial charge in [-0.15, -0.1) is 0 Å².